The standard InChI is InChI=1S/C14H19N3O2S/c1-9(2)6-12(14-15-4-5-20-14)16-13(18)8-11-7-10(3)19-17-11/h4-5,7,9,12H,6,8H2,1-3H3,(H,16,18). The number of hydrogen-bond acceptors (Lipinski definition) is 5. The molecule has 0 aliphatic heterocycles. The Hall–Kier alpha value is -1.69. The van der Waals surface area contributed by atoms with Crippen molar-refractivity contribution in [2.75, 3.05) is 0 Å². The van der Waals surface area contributed by atoms with Gasteiger partial charge in [-0.1, -0.05) is 19.0 Å². The van der Waals surface area contributed by atoms with Crippen molar-refractivity contribution >= 4 is 17.2 Å². The fraction of sp³-hybridized carbons (Fsp3) is 0.500. The van der Waals surface area contributed by atoms with Crippen LogP contribution in [-0.2, 0) is 11.2 Å². The number of aromatic nitrogens is 2. The summed E-state index contributed by atoms with van der Waals surface area (Å²) >= 11 is 1.57. The number of rotatable bonds is 6. The van der Waals surface area contributed by atoms with Crippen molar-refractivity contribution in [3.8, 4) is 0 Å². The van der Waals surface area contributed by atoms with Gasteiger partial charge < -0.3 is 9.84 Å². The first-order chi connectivity index (χ1) is 9.54. The SMILES string of the molecule is Cc1cc(CC(=O)NC(CC(C)C)c2nccs2)no1. The fourth-order valence-corrected chi connectivity index (χ4v) is 2.71. The Balaban J connectivity index is 1.98. The number of nitrogens with one attached hydrogen (secondary N) is 1. The van der Waals surface area contributed by atoms with Gasteiger partial charge in [0.25, 0.3) is 0 Å². The van der Waals surface area contributed by atoms with Crippen LogP contribution in [0.1, 0.15) is 42.8 Å². The van der Waals surface area contributed by atoms with Gasteiger partial charge in [-0.15, -0.1) is 11.3 Å². The van der Waals surface area contributed by atoms with Gasteiger partial charge >= 0.3 is 0 Å². The third-order valence-corrected chi connectivity index (χ3v) is 3.70. The average Bonchev–Trinajstić information content (AvgIpc) is 2.99. The van der Waals surface area contributed by atoms with Crippen molar-refractivity contribution in [1.29, 1.82) is 0 Å². The first-order valence-corrected chi connectivity index (χ1v) is 7.53. The Morgan fingerprint density at radius 2 is 2.30 bits per heavy atom. The van der Waals surface area contributed by atoms with Crippen LogP contribution in [0.4, 0.5) is 0 Å². The normalized spacial score (nSPS) is 12.6. The van der Waals surface area contributed by atoms with Crippen LogP contribution in [0.3, 0.4) is 0 Å². The van der Waals surface area contributed by atoms with Crippen molar-refractivity contribution in [3.63, 3.8) is 0 Å². The van der Waals surface area contributed by atoms with E-state index in [-0.39, 0.29) is 18.4 Å². The molecule has 2 aromatic rings. The monoisotopic (exact) mass is 293 g/mol. The van der Waals surface area contributed by atoms with Gasteiger partial charge in [0.1, 0.15) is 10.8 Å². The Bertz CT molecular complexity index is 549. The molecule has 20 heavy (non-hydrogen) atoms. The van der Waals surface area contributed by atoms with E-state index in [2.05, 4.69) is 29.3 Å². The molecular formula is C14H19N3O2S. The number of carbonyl (C=O) groups excluding carboxylic acids is 1. The largest absolute Gasteiger partial charge is 0.361 e. The third-order valence-electron chi connectivity index (χ3n) is 2.81. The molecule has 0 radical (unpaired) electrons. The van der Waals surface area contributed by atoms with Crippen LogP contribution in [0.25, 0.3) is 0 Å². The minimum absolute atomic E-state index is 0.0319. The van der Waals surface area contributed by atoms with Gasteiger partial charge in [-0.3, -0.25) is 4.79 Å². The second-order valence-electron chi connectivity index (χ2n) is 5.23. The molecule has 6 heteroatoms. The Morgan fingerprint density at radius 3 is 2.85 bits per heavy atom. The molecule has 0 saturated carbocycles. The van der Waals surface area contributed by atoms with Crippen LogP contribution in [0, 0.1) is 12.8 Å². The lowest BCUT2D eigenvalue weighted by Gasteiger charge is -2.18. The molecular weight excluding hydrogens is 274 g/mol. The van der Waals surface area contributed by atoms with E-state index in [0.717, 1.165) is 11.4 Å². The first-order valence-electron chi connectivity index (χ1n) is 6.65. The lowest BCUT2D eigenvalue weighted by atomic mass is 10.0. The maximum atomic E-state index is 12.1. The summed E-state index contributed by atoms with van der Waals surface area (Å²) in [5, 5.41) is 9.75. The maximum absolute atomic E-state index is 12.1. The van der Waals surface area contributed by atoms with Crippen LogP contribution >= 0.6 is 11.3 Å². The molecule has 0 aliphatic carbocycles. The number of aryl methyl sites for hydroxylation is 1. The summed E-state index contributed by atoms with van der Waals surface area (Å²) in [6.45, 7) is 6.08. The summed E-state index contributed by atoms with van der Waals surface area (Å²) < 4.78 is 4.97. The minimum Gasteiger partial charge on any atom is -0.361 e. The third kappa shape index (κ3) is 4.16. The Kier molecular flexibility index (Phi) is 4.89. The van der Waals surface area contributed by atoms with Gasteiger partial charge in [-0.05, 0) is 19.3 Å². The number of thiazole rings is 1. The topological polar surface area (TPSA) is 68.0 Å². The number of carbonyl (C=O) groups is 1. The van der Waals surface area contributed by atoms with Crippen LogP contribution < -0.4 is 5.32 Å². The van der Waals surface area contributed by atoms with Gasteiger partial charge in [0.2, 0.25) is 5.91 Å². The Morgan fingerprint density at radius 1 is 1.50 bits per heavy atom. The highest BCUT2D eigenvalue weighted by Crippen LogP contribution is 2.23. The van der Waals surface area contributed by atoms with Gasteiger partial charge in [0.05, 0.1) is 18.2 Å². The van der Waals surface area contributed by atoms with Gasteiger partial charge in [-0.25, -0.2) is 4.98 Å². The van der Waals surface area contributed by atoms with Crippen molar-refractivity contribution in [3.05, 3.63) is 34.1 Å². The molecule has 108 valence electrons. The predicted molar refractivity (Wildman–Crippen MR) is 77.4 cm³/mol. The zero-order chi connectivity index (χ0) is 14.5. The highest BCUT2D eigenvalue weighted by Gasteiger charge is 2.19. The summed E-state index contributed by atoms with van der Waals surface area (Å²) in [6, 6.07) is 1.75. The minimum atomic E-state index is -0.0563. The van der Waals surface area contributed by atoms with Gasteiger partial charge in [0.15, 0.2) is 0 Å². The summed E-state index contributed by atoms with van der Waals surface area (Å²) in [7, 11) is 0. The summed E-state index contributed by atoms with van der Waals surface area (Å²) in [6.07, 6.45) is 2.87. The number of hydrogen-bond donors (Lipinski definition) is 1. The van der Waals surface area contributed by atoms with Crippen LogP contribution in [-0.4, -0.2) is 16.0 Å². The van der Waals surface area contributed by atoms with Crippen LogP contribution in [0.2, 0.25) is 0 Å². The van der Waals surface area contributed by atoms with Crippen LogP contribution in [0.15, 0.2) is 22.2 Å². The number of nitrogens with zero attached hydrogens (tertiary/aromatic N) is 2. The van der Waals surface area contributed by atoms with Gasteiger partial charge in [-0.2, -0.15) is 0 Å². The molecule has 1 atom stereocenters. The second-order valence-corrected chi connectivity index (χ2v) is 6.15. The molecule has 5 nitrogen and oxygen atoms in total. The average molecular weight is 293 g/mol. The van der Waals surface area contributed by atoms with E-state index in [0.29, 0.717) is 17.4 Å². The first kappa shape index (κ1) is 14.7. The molecule has 0 aromatic carbocycles. The lowest BCUT2D eigenvalue weighted by Crippen LogP contribution is -2.30. The lowest BCUT2D eigenvalue weighted by molar-refractivity contribution is -0.121. The molecule has 2 aromatic heterocycles. The Labute approximate surface area is 122 Å². The molecule has 0 fully saturated rings. The summed E-state index contributed by atoms with van der Waals surface area (Å²) in [4.78, 5) is 16.4. The van der Waals surface area contributed by atoms with Gasteiger partial charge in [0, 0.05) is 17.6 Å². The van der Waals surface area contributed by atoms with E-state index < -0.39 is 0 Å². The van der Waals surface area contributed by atoms with Crippen LogP contribution in [0.5, 0.6) is 0 Å². The highest BCUT2D eigenvalue weighted by atomic mass is 32.1. The van der Waals surface area contributed by atoms with E-state index in [1.807, 2.05) is 12.3 Å². The molecule has 2 rings (SSSR count). The molecule has 1 unspecified atom stereocenters. The molecule has 1 N–H and O–H groups in total. The van der Waals surface area contributed by atoms with E-state index >= 15 is 0 Å². The maximum Gasteiger partial charge on any atom is 0.226 e. The van der Waals surface area contributed by atoms with E-state index in [9.17, 15) is 4.79 Å². The molecule has 0 saturated heterocycles. The number of amides is 1. The molecule has 2 heterocycles. The fourth-order valence-electron chi connectivity index (χ4n) is 2.01. The van der Waals surface area contributed by atoms with Crippen molar-refractivity contribution in [2.24, 2.45) is 5.92 Å². The van der Waals surface area contributed by atoms with E-state index in [4.69, 9.17) is 4.52 Å². The highest BCUT2D eigenvalue weighted by molar-refractivity contribution is 7.09. The molecule has 0 bridgehead atoms. The zero-order valence-electron chi connectivity index (χ0n) is 11.9. The van der Waals surface area contributed by atoms with Crippen molar-refractivity contribution in [1.82, 2.24) is 15.5 Å². The summed E-state index contributed by atoms with van der Waals surface area (Å²) in [5.74, 6) is 1.14. The predicted octanol–water partition coefficient (Wildman–Crippen LogP) is 2.89. The molecule has 1 amide bonds. The smallest absolute Gasteiger partial charge is 0.226 e. The van der Waals surface area contributed by atoms with Crippen molar-refractivity contribution in [2.45, 2.75) is 39.7 Å². The molecule has 0 aliphatic rings. The zero-order valence-corrected chi connectivity index (χ0v) is 12.7. The summed E-state index contributed by atoms with van der Waals surface area (Å²) in [5.41, 5.74) is 0.655. The molecule has 0 spiro atoms. The van der Waals surface area contributed by atoms with E-state index in [1.54, 1.807) is 23.6 Å². The van der Waals surface area contributed by atoms with Crippen molar-refractivity contribution < 1.29 is 9.32 Å². The quantitative estimate of drug-likeness (QED) is 0.889. The van der Waals surface area contributed by atoms with E-state index in [1.165, 1.54) is 0 Å². The second kappa shape index (κ2) is 6.65.